The standard InChI is InChI=1S/C8H9N3O2S/c1-7-3-2-4-8(10-7)11-14(12,13)6-5-9/h2-4H,6H2,1H3,(H,10,11). The van der Waals surface area contributed by atoms with Gasteiger partial charge in [0, 0.05) is 5.69 Å². The number of aromatic nitrogens is 1. The van der Waals surface area contributed by atoms with Gasteiger partial charge in [-0.2, -0.15) is 5.26 Å². The van der Waals surface area contributed by atoms with Crippen LogP contribution in [0.5, 0.6) is 0 Å². The average Bonchev–Trinajstić information content (AvgIpc) is 2.02. The Morgan fingerprint density at radius 1 is 1.57 bits per heavy atom. The number of sulfonamides is 1. The van der Waals surface area contributed by atoms with E-state index in [1.807, 2.05) is 0 Å². The molecular formula is C8H9N3O2S. The molecule has 1 rings (SSSR count). The molecule has 0 aromatic carbocycles. The van der Waals surface area contributed by atoms with Gasteiger partial charge in [-0.05, 0) is 19.1 Å². The number of hydrogen-bond donors (Lipinski definition) is 1. The summed E-state index contributed by atoms with van der Waals surface area (Å²) in [4.78, 5) is 3.94. The Labute approximate surface area is 82.4 Å². The molecule has 6 heteroatoms. The van der Waals surface area contributed by atoms with Crippen LogP contribution in [0.2, 0.25) is 0 Å². The van der Waals surface area contributed by atoms with Crippen LogP contribution in [0.25, 0.3) is 0 Å². The fourth-order valence-electron chi connectivity index (χ4n) is 0.880. The number of aryl methyl sites for hydroxylation is 1. The molecule has 0 radical (unpaired) electrons. The van der Waals surface area contributed by atoms with E-state index < -0.39 is 15.8 Å². The van der Waals surface area contributed by atoms with E-state index >= 15 is 0 Å². The van der Waals surface area contributed by atoms with Crippen LogP contribution in [-0.4, -0.2) is 19.2 Å². The highest BCUT2D eigenvalue weighted by Gasteiger charge is 2.09. The molecule has 0 atom stereocenters. The van der Waals surface area contributed by atoms with E-state index in [4.69, 9.17) is 5.26 Å². The quantitative estimate of drug-likeness (QED) is 0.795. The first-order chi connectivity index (χ1) is 6.53. The number of nitriles is 1. The highest BCUT2D eigenvalue weighted by molar-refractivity contribution is 7.92. The molecule has 1 aromatic heterocycles. The molecule has 0 saturated heterocycles. The van der Waals surface area contributed by atoms with Gasteiger partial charge in [0.1, 0.15) is 5.82 Å². The lowest BCUT2D eigenvalue weighted by atomic mass is 10.4. The molecule has 74 valence electrons. The van der Waals surface area contributed by atoms with Gasteiger partial charge in [-0.15, -0.1) is 0 Å². The van der Waals surface area contributed by atoms with E-state index in [0.717, 1.165) is 0 Å². The maximum Gasteiger partial charge on any atom is 0.247 e. The van der Waals surface area contributed by atoms with Crippen LogP contribution in [0, 0.1) is 18.3 Å². The first kappa shape index (κ1) is 10.5. The predicted molar refractivity (Wildman–Crippen MR) is 52.0 cm³/mol. The second kappa shape index (κ2) is 4.07. The summed E-state index contributed by atoms with van der Waals surface area (Å²) in [6, 6.07) is 6.53. The monoisotopic (exact) mass is 211 g/mol. The van der Waals surface area contributed by atoms with Gasteiger partial charge in [-0.1, -0.05) is 6.07 Å². The van der Waals surface area contributed by atoms with Crippen molar-refractivity contribution in [3.63, 3.8) is 0 Å². The van der Waals surface area contributed by atoms with E-state index in [1.165, 1.54) is 6.07 Å². The van der Waals surface area contributed by atoms with Gasteiger partial charge in [-0.25, -0.2) is 13.4 Å². The lowest BCUT2D eigenvalue weighted by Crippen LogP contribution is -2.16. The summed E-state index contributed by atoms with van der Waals surface area (Å²) < 4.78 is 24.5. The predicted octanol–water partition coefficient (Wildman–Crippen LogP) is 0.655. The molecule has 0 spiro atoms. The maximum atomic E-state index is 11.1. The topological polar surface area (TPSA) is 82.9 Å². The van der Waals surface area contributed by atoms with Crippen molar-refractivity contribution in [1.29, 1.82) is 5.26 Å². The van der Waals surface area contributed by atoms with Crippen molar-refractivity contribution in [1.82, 2.24) is 4.98 Å². The first-order valence-corrected chi connectivity index (χ1v) is 5.50. The van der Waals surface area contributed by atoms with Crippen LogP contribution < -0.4 is 4.72 Å². The van der Waals surface area contributed by atoms with Gasteiger partial charge in [-0.3, -0.25) is 4.72 Å². The summed E-state index contributed by atoms with van der Waals surface area (Å²) in [7, 11) is -3.58. The van der Waals surface area contributed by atoms with Crippen LogP contribution in [0.1, 0.15) is 5.69 Å². The molecular weight excluding hydrogens is 202 g/mol. The molecule has 0 bridgehead atoms. The summed E-state index contributed by atoms with van der Waals surface area (Å²) in [5, 5.41) is 8.24. The van der Waals surface area contributed by atoms with Gasteiger partial charge in [0.25, 0.3) is 0 Å². The van der Waals surface area contributed by atoms with Gasteiger partial charge in [0.2, 0.25) is 10.0 Å². The summed E-state index contributed by atoms with van der Waals surface area (Å²) in [5.74, 6) is -0.331. The zero-order chi connectivity index (χ0) is 10.6. The van der Waals surface area contributed by atoms with Crippen LogP contribution in [0.4, 0.5) is 5.82 Å². The summed E-state index contributed by atoms with van der Waals surface area (Å²) in [6.07, 6.45) is 0. The molecule has 1 heterocycles. The third-order valence-corrected chi connectivity index (χ3v) is 2.43. The zero-order valence-corrected chi connectivity index (χ0v) is 8.37. The van der Waals surface area contributed by atoms with E-state index in [-0.39, 0.29) is 5.82 Å². The molecule has 5 nitrogen and oxygen atoms in total. The Balaban J connectivity index is 2.85. The Morgan fingerprint density at radius 2 is 2.29 bits per heavy atom. The molecule has 0 amide bonds. The summed E-state index contributed by atoms with van der Waals surface area (Å²) in [6.45, 7) is 1.75. The first-order valence-electron chi connectivity index (χ1n) is 3.84. The SMILES string of the molecule is Cc1cccc(NS(=O)(=O)CC#N)n1. The second-order valence-electron chi connectivity index (χ2n) is 2.68. The molecule has 0 fully saturated rings. The van der Waals surface area contributed by atoms with E-state index in [1.54, 1.807) is 25.1 Å². The number of pyridine rings is 1. The van der Waals surface area contributed by atoms with Crippen LogP contribution >= 0.6 is 0 Å². The maximum absolute atomic E-state index is 11.1. The van der Waals surface area contributed by atoms with Crippen LogP contribution in [-0.2, 0) is 10.0 Å². The van der Waals surface area contributed by atoms with Crippen molar-refractivity contribution in [3.8, 4) is 6.07 Å². The highest BCUT2D eigenvalue weighted by atomic mass is 32.2. The molecule has 0 saturated carbocycles. The van der Waals surface area contributed by atoms with Crippen molar-refractivity contribution >= 4 is 15.8 Å². The lowest BCUT2D eigenvalue weighted by molar-refractivity contribution is 0.604. The average molecular weight is 211 g/mol. The number of anilines is 1. The van der Waals surface area contributed by atoms with E-state index in [2.05, 4.69) is 9.71 Å². The molecule has 0 unspecified atom stereocenters. The Kier molecular flexibility index (Phi) is 3.04. The van der Waals surface area contributed by atoms with Crippen LogP contribution in [0.15, 0.2) is 18.2 Å². The molecule has 0 aliphatic carbocycles. The zero-order valence-electron chi connectivity index (χ0n) is 7.56. The third kappa shape index (κ3) is 3.03. The molecule has 1 aromatic rings. The molecule has 0 aliphatic rings. The third-order valence-electron chi connectivity index (χ3n) is 1.40. The fourth-order valence-corrected chi connectivity index (χ4v) is 1.55. The van der Waals surface area contributed by atoms with Crippen molar-refractivity contribution in [3.05, 3.63) is 23.9 Å². The van der Waals surface area contributed by atoms with Crippen molar-refractivity contribution < 1.29 is 8.42 Å². The van der Waals surface area contributed by atoms with E-state index in [9.17, 15) is 8.42 Å². The number of nitrogens with zero attached hydrogens (tertiary/aromatic N) is 2. The fraction of sp³-hybridized carbons (Fsp3) is 0.250. The Bertz CT molecular complexity index is 462. The summed E-state index contributed by atoms with van der Waals surface area (Å²) >= 11 is 0. The van der Waals surface area contributed by atoms with Crippen molar-refractivity contribution in [2.75, 3.05) is 10.5 Å². The normalized spacial score (nSPS) is 10.6. The minimum absolute atomic E-state index is 0.236. The molecule has 0 aliphatic heterocycles. The number of nitrogens with one attached hydrogen (secondary N) is 1. The van der Waals surface area contributed by atoms with Gasteiger partial charge in [0.05, 0.1) is 6.07 Å². The highest BCUT2D eigenvalue weighted by Crippen LogP contribution is 2.05. The largest absolute Gasteiger partial charge is 0.266 e. The Morgan fingerprint density at radius 3 is 2.86 bits per heavy atom. The minimum atomic E-state index is -3.58. The number of hydrogen-bond acceptors (Lipinski definition) is 4. The Hall–Kier alpha value is -1.61. The smallest absolute Gasteiger partial charge is 0.247 e. The molecule has 1 N–H and O–H groups in total. The van der Waals surface area contributed by atoms with Crippen LogP contribution in [0.3, 0.4) is 0 Å². The van der Waals surface area contributed by atoms with Gasteiger partial charge < -0.3 is 0 Å². The summed E-state index contributed by atoms with van der Waals surface area (Å²) in [5.41, 5.74) is 0.710. The minimum Gasteiger partial charge on any atom is -0.266 e. The lowest BCUT2D eigenvalue weighted by Gasteiger charge is -2.03. The van der Waals surface area contributed by atoms with E-state index in [0.29, 0.717) is 5.69 Å². The number of rotatable bonds is 3. The van der Waals surface area contributed by atoms with Gasteiger partial charge in [0.15, 0.2) is 5.75 Å². The second-order valence-corrected chi connectivity index (χ2v) is 4.41. The molecule has 14 heavy (non-hydrogen) atoms. The van der Waals surface area contributed by atoms with Crippen molar-refractivity contribution in [2.24, 2.45) is 0 Å². The van der Waals surface area contributed by atoms with Crippen molar-refractivity contribution in [2.45, 2.75) is 6.92 Å². The van der Waals surface area contributed by atoms with Gasteiger partial charge >= 0.3 is 0 Å².